The second-order valence-corrected chi connectivity index (χ2v) is 7.50. The fourth-order valence-electron chi connectivity index (χ4n) is 3.09. The van der Waals surface area contributed by atoms with Crippen molar-refractivity contribution >= 4 is 28.8 Å². The van der Waals surface area contributed by atoms with Crippen LogP contribution < -0.4 is 5.32 Å². The van der Waals surface area contributed by atoms with Gasteiger partial charge in [0.05, 0.1) is 4.88 Å². The van der Waals surface area contributed by atoms with Crippen LogP contribution in [0.2, 0.25) is 0 Å². The Hall–Kier alpha value is -2.51. The van der Waals surface area contributed by atoms with E-state index >= 15 is 0 Å². The van der Waals surface area contributed by atoms with Crippen LogP contribution in [-0.4, -0.2) is 47.7 Å². The Morgan fingerprint density at radius 2 is 2.00 bits per heavy atom. The van der Waals surface area contributed by atoms with E-state index in [9.17, 15) is 9.18 Å². The highest BCUT2D eigenvalue weighted by atomic mass is 32.1. The summed E-state index contributed by atoms with van der Waals surface area (Å²) in [4.78, 5) is 17.5. The molecule has 0 aliphatic carbocycles. The van der Waals surface area contributed by atoms with Crippen LogP contribution >= 0.6 is 11.3 Å². The summed E-state index contributed by atoms with van der Waals surface area (Å²) >= 11 is 1.39. The van der Waals surface area contributed by atoms with Crippen molar-refractivity contribution in [2.75, 3.05) is 25.5 Å². The van der Waals surface area contributed by atoms with Crippen LogP contribution in [0.15, 0.2) is 54.1 Å². The van der Waals surface area contributed by atoms with E-state index in [1.54, 1.807) is 35.4 Å². The minimum Gasteiger partial charge on any atom is -0.362 e. The molecular weight excluding hydrogens is 363 g/mol. The van der Waals surface area contributed by atoms with Gasteiger partial charge in [-0.1, -0.05) is 6.07 Å². The molecule has 2 N–H and O–H groups in total. The molecule has 1 aliphatic heterocycles. The maximum atomic E-state index is 13.0. The fraction of sp³-hybridized carbons (Fsp3) is 0.300. The Bertz CT molecular complexity index is 796. The topological polar surface area (TPSA) is 59.4 Å². The van der Waals surface area contributed by atoms with Gasteiger partial charge in [0, 0.05) is 17.9 Å². The number of rotatable bonds is 5. The first-order valence-corrected chi connectivity index (χ1v) is 9.75. The second-order valence-electron chi connectivity index (χ2n) is 6.56. The Morgan fingerprint density at radius 3 is 2.63 bits per heavy atom. The number of carbonyl (C=O) groups excluding carboxylic acids is 1. The van der Waals surface area contributed by atoms with Crippen molar-refractivity contribution in [1.29, 1.82) is 5.41 Å². The van der Waals surface area contributed by atoms with Gasteiger partial charge in [0.25, 0.3) is 5.91 Å². The fourth-order valence-corrected chi connectivity index (χ4v) is 3.75. The van der Waals surface area contributed by atoms with Gasteiger partial charge in [-0.25, -0.2) is 4.39 Å². The monoisotopic (exact) mass is 386 g/mol. The predicted octanol–water partition coefficient (Wildman–Crippen LogP) is 4.03. The van der Waals surface area contributed by atoms with Gasteiger partial charge in [0.1, 0.15) is 11.7 Å². The second kappa shape index (κ2) is 8.92. The van der Waals surface area contributed by atoms with Crippen molar-refractivity contribution in [3.05, 3.63) is 64.7 Å². The number of thiophene rings is 1. The Labute approximate surface area is 162 Å². The molecule has 0 atom stereocenters. The van der Waals surface area contributed by atoms with E-state index in [-0.39, 0.29) is 23.6 Å². The number of carbonyl (C=O) groups is 1. The Balaban J connectivity index is 1.72. The van der Waals surface area contributed by atoms with Crippen LogP contribution in [0.5, 0.6) is 0 Å². The number of benzene rings is 1. The largest absolute Gasteiger partial charge is 0.362 e. The molecule has 1 saturated heterocycles. The van der Waals surface area contributed by atoms with Crippen LogP contribution in [0.3, 0.4) is 0 Å². The molecular formula is C20H23FN4OS. The SMILES string of the molecule is CN1CCC(N(C(=N)/C=C\Nc2ccc(F)cc2)C(=O)c2cccs2)CC1. The van der Waals surface area contributed by atoms with Crippen LogP contribution in [0, 0.1) is 11.2 Å². The maximum Gasteiger partial charge on any atom is 0.269 e. The third kappa shape index (κ3) is 5.02. The third-order valence-corrected chi connectivity index (χ3v) is 5.46. The number of nitrogens with zero attached hydrogens (tertiary/aromatic N) is 2. The van der Waals surface area contributed by atoms with E-state index in [4.69, 9.17) is 5.41 Å². The zero-order valence-corrected chi connectivity index (χ0v) is 16.0. The van der Waals surface area contributed by atoms with Gasteiger partial charge in [-0.3, -0.25) is 15.1 Å². The number of hydrogen-bond donors (Lipinski definition) is 2. The summed E-state index contributed by atoms with van der Waals surface area (Å²) < 4.78 is 13.0. The molecule has 1 aliphatic rings. The third-order valence-electron chi connectivity index (χ3n) is 4.60. The zero-order valence-electron chi connectivity index (χ0n) is 15.2. The molecule has 27 heavy (non-hydrogen) atoms. The van der Waals surface area contributed by atoms with E-state index in [0.29, 0.717) is 4.88 Å². The Morgan fingerprint density at radius 1 is 1.30 bits per heavy atom. The number of anilines is 1. The summed E-state index contributed by atoms with van der Waals surface area (Å²) in [6, 6.07) is 9.63. The van der Waals surface area contributed by atoms with Crippen molar-refractivity contribution in [2.45, 2.75) is 18.9 Å². The van der Waals surface area contributed by atoms with Crippen LogP contribution in [0.4, 0.5) is 10.1 Å². The molecule has 2 aromatic rings. The van der Waals surface area contributed by atoms with Gasteiger partial charge in [-0.2, -0.15) is 0 Å². The van der Waals surface area contributed by atoms with Crippen molar-refractivity contribution in [2.24, 2.45) is 0 Å². The molecule has 0 spiro atoms. The summed E-state index contributed by atoms with van der Waals surface area (Å²) in [5.74, 6) is -0.277. The van der Waals surface area contributed by atoms with Gasteiger partial charge < -0.3 is 10.2 Å². The molecule has 3 rings (SSSR count). The molecule has 0 saturated carbocycles. The molecule has 142 valence electrons. The lowest BCUT2D eigenvalue weighted by molar-refractivity contribution is 0.0753. The van der Waals surface area contributed by atoms with E-state index < -0.39 is 0 Å². The summed E-state index contributed by atoms with van der Waals surface area (Å²) in [6.07, 6.45) is 4.87. The molecule has 0 unspecified atom stereocenters. The first-order valence-electron chi connectivity index (χ1n) is 8.87. The molecule has 1 aromatic carbocycles. The lowest BCUT2D eigenvalue weighted by atomic mass is 10.0. The van der Waals surface area contributed by atoms with Gasteiger partial charge >= 0.3 is 0 Å². The number of halogens is 1. The highest BCUT2D eigenvalue weighted by molar-refractivity contribution is 7.12. The van der Waals surface area contributed by atoms with Crippen molar-refractivity contribution in [3.63, 3.8) is 0 Å². The van der Waals surface area contributed by atoms with E-state index in [2.05, 4.69) is 17.3 Å². The number of likely N-dealkylation sites (tertiary alicyclic amines) is 1. The van der Waals surface area contributed by atoms with Gasteiger partial charge in [-0.15, -0.1) is 11.3 Å². The average molecular weight is 386 g/mol. The molecule has 1 fully saturated rings. The number of nitrogens with one attached hydrogen (secondary N) is 2. The average Bonchev–Trinajstić information content (AvgIpc) is 3.20. The van der Waals surface area contributed by atoms with Crippen LogP contribution in [-0.2, 0) is 0 Å². The molecule has 2 heterocycles. The lowest BCUT2D eigenvalue weighted by Gasteiger charge is -2.36. The van der Waals surface area contributed by atoms with Gasteiger partial charge in [0.15, 0.2) is 0 Å². The zero-order chi connectivity index (χ0) is 19.2. The van der Waals surface area contributed by atoms with Crippen LogP contribution in [0.25, 0.3) is 0 Å². The van der Waals surface area contributed by atoms with E-state index in [0.717, 1.165) is 31.6 Å². The highest BCUT2D eigenvalue weighted by Gasteiger charge is 2.30. The van der Waals surface area contributed by atoms with Gasteiger partial charge in [0.2, 0.25) is 0 Å². The quantitative estimate of drug-likeness (QED) is 0.603. The molecule has 0 radical (unpaired) electrons. The van der Waals surface area contributed by atoms with Crippen molar-refractivity contribution < 1.29 is 9.18 Å². The number of amidine groups is 1. The first-order chi connectivity index (χ1) is 13.0. The minimum absolute atomic E-state index is 0.0128. The number of amides is 1. The maximum absolute atomic E-state index is 13.0. The van der Waals surface area contributed by atoms with Crippen LogP contribution in [0.1, 0.15) is 22.5 Å². The lowest BCUT2D eigenvalue weighted by Crippen LogP contribution is -2.48. The van der Waals surface area contributed by atoms with E-state index in [1.807, 2.05) is 11.4 Å². The number of hydrogen-bond acceptors (Lipinski definition) is 5. The number of piperidine rings is 1. The summed E-state index contributed by atoms with van der Waals surface area (Å²) in [6.45, 7) is 1.81. The van der Waals surface area contributed by atoms with Crippen molar-refractivity contribution in [1.82, 2.24) is 9.80 Å². The molecule has 1 amide bonds. The van der Waals surface area contributed by atoms with Gasteiger partial charge in [-0.05, 0) is 74.8 Å². The Kier molecular flexibility index (Phi) is 6.36. The van der Waals surface area contributed by atoms with E-state index in [1.165, 1.54) is 23.5 Å². The summed E-state index contributed by atoms with van der Waals surface area (Å²) in [5, 5.41) is 13.4. The predicted molar refractivity (Wildman–Crippen MR) is 108 cm³/mol. The standard InChI is InChI=1S/C20H23FN4OS/c1-24-12-9-17(10-13-24)25(20(26)18-3-2-14-27-18)19(22)8-11-23-16-6-4-15(21)5-7-16/h2-8,11,14,17,22-23H,9-10,12-13H2,1H3/b11-8-,22-19?. The smallest absolute Gasteiger partial charge is 0.269 e. The molecule has 7 heteroatoms. The normalized spacial score (nSPS) is 15.8. The molecule has 1 aromatic heterocycles. The summed E-state index contributed by atoms with van der Waals surface area (Å²) in [7, 11) is 2.07. The first kappa shape index (κ1) is 19.3. The minimum atomic E-state index is -0.299. The highest BCUT2D eigenvalue weighted by Crippen LogP contribution is 2.21. The summed E-state index contributed by atoms with van der Waals surface area (Å²) in [5.41, 5.74) is 0.718. The molecule has 5 nitrogen and oxygen atoms in total. The van der Waals surface area contributed by atoms with Crippen molar-refractivity contribution in [3.8, 4) is 0 Å². The molecule has 0 bridgehead atoms.